The van der Waals surface area contributed by atoms with Crippen LogP contribution in [0, 0.1) is 0 Å². The normalized spacial score (nSPS) is 10.6. The highest BCUT2D eigenvalue weighted by Gasteiger charge is 2.19. The topological polar surface area (TPSA) is 99.5 Å². The first-order valence-corrected chi connectivity index (χ1v) is 10.3. The van der Waals surface area contributed by atoms with Gasteiger partial charge in [-0.05, 0) is 49.4 Å². The molecule has 0 bridgehead atoms. The summed E-state index contributed by atoms with van der Waals surface area (Å²) in [4.78, 5) is 38.0. The second-order valence-corrected chi connectivity index (χ2v) is 7.03. The Morgan fingerprint density at radius 3 is 2.27 bits per heavy atom. The molecular weight excluding hydrogens is 422 g/mol. The number of nitrogens with one attached hydrogen (secondary N) is 1. The lowest BCUT2D eigenvalue weighted by molar-refractivity contribution is -0.119. The van der Waals surface area contributed by atoms with E-state index in [4.69, 9.17) is 9.47 Å². The molecule has 1 amide bonds. The summed E-state index contributed by atoms with van der Waals surface area (Å²) in [6.45, 7) is 1.92. The van der Waals surface area contributed by atoms with E-state index < -0.39 is 18.5 Å². The molecule has 4 rings (SSSR count). The third kappa shape index (κ3) is 4.90. The zero-order valence-corrected chi connectivity index (χ0v) is 17.9. The Hall–Kier alpha value is -4.46. The summed E-state index contributed by atoms with van der Waals surface area (Å²) in [7, 11) is 0. The molecule has 33 heavy (non-hydrogen) atoms. The summed E-state index contributed by atoms with van der Waals surface area (Å²) in [5, 5.41) is 7.57. The third-order valence-corrected chi connectivity index (χ3v) is 4.78. The molecule has 0 radical (unpaired) electrons. The highest BCUT2D eigenvalue weighted by molar-refractivity contribution is 6.03. The molecule has 0 aliphatic carbocycles. The quantitative estimate of drug-likeness (QED) is 0.438. The lowest BCUT2D eigenvalue weighted by atomic mass is 10.1. The number of hydrogen-bond acceptors (Lipinski definition) is 6. The maximum atomic E-state index is 12.9. The zero-order chi connectivity index (χ0) is 23.2. The molecule has 166 valence electrons. The van der Waals surface area contributed by atoms with Crippen molar-refractivity contribution in [3.05, 3.63) is 94.9 Å². The van der Waals surface area contributed by atoms with Gasteiger partial charge in [-0.1, -0.05) is 36.4 Å². The number of aromatic nitrogens is 2. The van der Waals surface area contributed by atoms with Crippen molar-refractivity contribution < 1.29 is 19.1 Å². The maximum Gasteiger partial charge on any atom is 0.359 e. The van der Waals surface area contributed by atoms with Gasteiger partial charge < -0.3 is 14.8 Å². The minimum Gasteiger partial charge on any atom is -0.494 e. The predicted molar refractivity (Wildman–Crippen MR) is 124 cm³/mol. The molecular formula is C25H21N3O5. The fourth-order valence-corrected chi connectivity index (χ4v) is 3.28. The largest absolute Gasteiger partial charge is 0.494 e. The van der Waals surface area contributed by atoms with E-state index in [0.29, 0.717) is 34.5 Å². The van der Waals surface area contributed by atoms with E-state index in [1.165, 1.54) is 0 Å². The Morgan fingerprint density at radius 1 is 0.909 bits per heavy atom. The van der Waals surface area contributed by atoms with Crippen LogP contribution >= 0.6 is 0 Å². The lowest BCUT2D eigenvalue weighted by Crippen LogP contribution is -2.26. The standard InChI is InChI=1S/C25H21N3O5/c1-2-32-19-14-12-17(13-15-19)26-22(29)16-33-25(31)23-20-10-6-7-11-21(20)24(30)28(27-23)18-8-4-3-5-9-18/h3-15H,2,16H2,1H3,(H,26,29). The van der Waals surface area contributed by atoms with Crippen LogP contribution in [0.2, 0.25) is 0 Å². The maximum absolute atomic E-state index is 12.9. The summed E-state index contributed by atoms with van der Waals surface area (Å²) in [6.07, 6.45) is 0. The van der Waals surface area contributed by atoms with Crippen LogP contribution < -0.4 is 15.6 Å². The number of benzene rings is 3. The van der Waals surface area contributed by atoms with Crippen LogP contribution in [0.1, 0.15) is 17.4 Å². The Bertz CT molecular complexity index is 1350. The van der Waals surface area contributed by atoms with Crippen LogP contribution in [0.15, 0.2) is 83.7 Å². The summed E-state index contributed by atoms with van der Waals surface area (Å²) >= 11 is 0. The SMILES string of the molecule is CCOc1ccc(NC(=O)COC(=O)c2nn(-c3ccccc3)c(=O)c3ccccc23)cc1. The number of para-hydroxylation sites is 1. The average molecular weight is 443 g/mol. The Morgan fingerprint density at radius 2 is 1.58 bits per heavy atom. The smallest absolute Gasteiger partial charge is 0.359 e. The molecule has 3 aromatic carbocycles. The lowest BCUT2D eigenvalue weighted by Gasteiger charge is -2.11. The molecule has 0 unspecified atom stereocenters. The van der Waals surface area contributed by atoms with Crippen LogP contribution in [0.4, 0.5) is 5.69 Å². The molecule has 0 saturated carbocycles. The number of amides is 1. The number of carbonyl (C=O) groups is 2. The highest BCUT2D eigenvalue weighted by Crippen LogP contribution is 2.17. The van der Waals surface area contributed by atoms with Gasteiger partial charge >= 0.3 is 5.97 Å². The molecule has 0 aliphatic rings. The van der Waals surface area contributed by atoms with E-state index in [0.717, 1.165) is 4.68 Å². The second kappa shape index (κ2) is 9.78. The van der Waals surface area contributed by atoms with Gasteiger partial charge in [-0.25, -0.2) is 4.79 Å². The van der Waals surface area contributed by atoms with Crippen molar-refractivity contribution in [3.63, 3.8) is 0 Å². The van der Waals surface area contributed by atoms with Gasteiger partial charge in [0, 0.05) is 11.1 Å². The van der Waals surface area contributed by atoms with Crippen molar-refractivity contribution in [3.8, 4) is 11.4 Å². The summed E-state index contributed by atoms with van der Waals surface area (Å²) in [5.41, 5.74) is 0.640. The van der Waals surface area contributed by atoms with Gasteiger partial charge in [0.25, 0.3) is 11.5 Å². The van der Waals surface area contributed by atoms with Crippen molar-refractivity contribution in [1.82, 2.24) is 9.78 Å². The van der Waals surface area contributed by atoms with Gasteiger partial charge in [-0.3, -0.25) is 9.59 Å². The number of hydrogen-bond donors (Lipinski definition) is 1. The number of nitrogens with zero attached hydrogens (tertiary/aromatic N) is 2. The number of anilines is 1. The third-order valence-electron chi connectivity index (χ3n) is 4.78. The van der Waals surface area contributed by atoms with Crippen molar-refractivity contribution in [2.75, 3.05) is 18.5 Å². The number of carbonyl (C=O) groups excluding carboxylic acids is 2. The molecule has 8 heteroatoms. The molecule has 0 saturated heterocycles. The van der Waals surface area contributed by atoms with E-state index in [9.17, 15) is 14.4 Å². The summed E-state index contributed by atoms with van der Waals surface area (Å²) in [6, 6.07) is 22.3. The van der Waals surface area contributed by atoms with E-state index in [1.807, 2.05) is 13.0 Å². The van der Waals surface area contributed by atoms with Crippen LogP contribution in [-0.2, 0) is 9.53 Å². The first-order chi connectivity index (χ1) is 16.1. The van der Waals surface area contributed by atoms with Gasteiger partial charge in [-0.2, -0.15) is 9.78 Å². The fourth-order valence-electron chi connectivity index (χ4n) is 3.28. The van der Waals surface area contributed by atoms with Crippen LogP contribution in [0.5, 0.6) is 5.75 Å². The Labute approximate surface area is 189 Å². The van der Waals surface area contributed by atoms with Crippen molar-refractivity contribution in [2.45, 2.75) is 6.92 Å². The van der Waals surface area contributed by atoms with Gasteiger partial charge in [0.05, 0.1) is 17.7 Å². The summed E-state index contributed by atoms with van der Waals surface area (Å²) < 4.78 is 11.7. The monoisotopic (exact) mass is 443 g/mol. The van der Waals surface area contributed by atoms with Crippen molar-refractivity contribution in [2.24, 2.45) is 0 Å². The van der Waals surface area contributed by atoms with Gasteiger partial charge in [0.2, 0.25) is 0 Å². The highest BCUT2D eigenvalue weighted by atomic mass is 16.5. The van der Waals surface area contributed by atoms with Crippen molar-refractivity contribution in [1.29, 1.82) is 0 Å². The molecule has 0 fully saturated rings. The fraction of sp³-hybridized carbons (Fsp3) is 0.120. The molecule has 0 atom stereocenters. The van der Waals surface area contributed by atoms with E-state index in [1.54, 1.807) is 72.8 Å². The van der Waals surface area contributed by atoms with Crippen LogP contribution in [-0.4, -0.2) is 34.9 Å². The minimum absolute atomic E-state index is 0.0529. The van der Waals surface area contributed by atoms with Crippen LogP contribution in [0.3, 0.4) is 0 Å². The molecule has 8 nitrogen and oxygen atoms in total. The van der Waals surface area contributed by atoms with Gasteiger partial charge in [0.1, 0.15) is 5.75 Å². The summed E-state index contributed by atoms with van der Waals surface area (Å²) in [5.74, 6) is -0.626. The Kier molecular flexibility index (Phi) is 6.45. The predicted octanol–water partition coefficient (Wildman–Crippen LogP) is 3.58. The van der Waals surface area contributed by atoms with Crippen molar-refractivity contribution >= 4 is 28.3 Å². The average Bonchev–Trinajstić information content (AvgIpc) is 2.85. The van der Waals surface area contributed by atoms with E-state index in [2.05, 4.69) is 10.4 Å². The molecule has 1 aromatic heterocycles. The van der Waals surface area contributed by atoms with Gasteiger partial charge in [-0.15, -0.1) is 0 Å². The molecule has 1 heterocycles. The molecule has 0 spiro atoms. The number of rotatable bonds is 7. The zero-order valence-electron chi connectivity index (χ0n) is 17.9. The van der Waals surface area contributed by atoms with Gasteiger partial charge in [0.15, 0.2) is 12.3 Å². The Balaban J connectivity index is 1.53. The number of esters is 1. The molecule has 1 N–H and O–H groups in total. The van der Waals surface area contributed by atoms with E-state index >= 15 is 0 Å². The van der Waals surface area contributed by atoms with E-state index in [-0.39, 0.29) is 11.3 Å². The first kappa shape index (κ1) is 21.8. The number of fused-ring (bicyclic) bond motifs is 1. The molecule has 4 aromatic rings. The molecule has 0 aliphatic heterocycles. The number of ether oxygens (including phenoxy) is 2. The van der Waals surface area contributed by atoms with Crippen LogP contribution in [0.25, 0.3) is 16.5 Å². The second-order valence-electron chi connectivity index (χ2n) is 7.03. The minimum atomic E-state index is -0.808. The first-order valence-electron chi connectivity index (χ1n) is 10.3.